The molecule has 0 atom stereocenters. The van der Waals surface area contributed by atoms with Crippen molar-refractivity contribution in [2.45, 2.75) is 6.42 Å². The molecule has 0 amide bonds. The Labute approximate surface area is 99.6 Å². The molecule has 1 aromatic heterocycles. The fraction of sp³-hybridized carbons (Fsp3) is 0.222. The highest BCUT2D eigenvalue weighted by Gasteiger charge is 2.18. The molecular formula is C9H6ClF2NO3S. The van der Waals surface area contributed by atoms with Crippen molar-refractivity contribution in [1.82, 2.24) is 5.16 Å². The van der Waals surface area contributed by atoms with E-state index < -0.39 is 26.4 Å². The van der Waals surface area contributed by atoms with Gasteiger partial charge in [0.1, 0.15) is 11.6 Å². The second kappa shape index (κ2) is 4.23. The number of benzene rings is 1. The lowest BCUT2D eigenvalue weighted by Crippen LogP contribution is -2.05. The zero-order valence-corrected chi connectivity index (χ0v) is 9.86. The smallest absolute Gasteiger partial charge is 0.232 e. The SMILES string of the molecule is O=S(=O)(Cl)CCc1c(F)cc2oncc2c1F. The summed E-state index contributed by atoms with van der Waals surface area (Å²) in [7, 11) is 1.19. The first-order valence-electron chi connectivity index (χ1n) is 4.52. The van der Waals surface area contributed by atoms with E-state index in [-0.39, 0.29) is 23.0 Å². The molecule has 0 radical (unpaired) electrons. The molecule has 92 valence electrons. The van der Waals surface area contributed by atoms with Crippen LogP contribution in [0.2, 0.25) is 0 Å². The van der Waals surface area contributed by atoms with E-state index in [1.165, 1.54) is 0 Å². The summed E-state index contributed by atoms with van der Waals surface area (Å²) in [5.41, 5.74) is -0.373. The highest BCUT2D eigenvalue weighted by atomic mass is 35.7. The first kappa shape index (κ1) is 12.3. The first-order valence-corrected chi connectivity index (χ1v) is 7.00. The molecule has 1 heterocycles. The topological polar surface area (TPSA) is 60.2 Å². The van der Waals surface area contributed by atoms with Gasteiger partial charge in [-0.25, -0.2) is 17.2 Å². The van der Waals surface area contributed by atoms with E-state index in [4.69, 9.17) is 10.7 Å². The lowest BCUT2D eigenvalue weighted by Gasteiger charge is -2.03. The lowest BCUT2D eigenvalue weighted by molar-refractivity contribution is 0.453. The van der Waals surface area contributed by atoms with Crippen LogP contribution < -0.4 is 0 Å². The zero-order valence-electron chi connectivity index (χ0n) is 8.28. The monoisotopic (exact) mass is 281 g/mol. The lowest BCUT2D eigenvalue weighted by atomic mass is 10.1. The molecule has 0 aliphatic carbocycles. The summed E-state index contributed by atoms with van der Waals surface area (Å²) in [6, 6.07) is 0.960. The maximum atomic E-state index is 13.8. The number of halogens is 3. The van der Waals surface area contributed by atoms with Crippen LogP contribution in [0.25, 0.3) is 11.0 Å². The minimum atomic E-state index is -3.80. The van der Waals surface area contributed by atoms with Crippen LogP contribution in [0.15, 0.2) is 16.8 Å². The maximum absolute atomic E-state index is 13.8. The molecule has 0 spiro atoms. The highest BCUT2D eigenvalue weighted by Crippen LogP contribution is 2.24. The molecular weight excluding hydrogens is 276 g/mol. The third-order valence-electron chi connectivity index (χ3n) is 2.24. The van der Waals surface area contributed by atoms with Crippen molar-refractivity contribution in [3.8, 4) is 0 Å². The van der Waals surface area contributed by atoms with Gasteiger partial charge >= 0.3 is 0 Å². The van der Waals surface area contributed by atoms with Crippen LogP contribution >= 0.6 is 10.7 Å². The second-order valence-electron chi connectivity index (χ2n) is 3.38. The third-order valence-corrected chi connectivity index (χ3v) is 3.40. The largest absolute Gasteiger partial charge is 0.356 e. The molecule has 1 aromatic carbocycles. The van der Waals surface area contributed by atoms with E-state index in [1.54, 1.807) is 0 Å². The van der Waals surface area contributed by atoms with Gasteiger partial charge in [-0.05, 0) is 6.42 Å². The van der Waals surface area contributed by atoms with Crippen molar-refractivity contribution >= 4 is 30.7 Å². The quantitative estimate of drug-likeness (QED) is 0.810. The molecule has 0 unspecified atom stereocenters. The summed E-state index contributed by atoms with van der Waals surface area (Å²) < 4.78 is 53.3. The van der Waals surface area contributed by atoms with Gasteiger partial charge in [-0.2, -0.15) is 0 Å². The standard InChI is InChI=1S/C9H6ClF2NO3S/c10-17(14,15)2-1-5-7(11)3-8-6(9(5)12)4-13-16-8/h3-4H,1-2H2. The summed E-state index contributed by atoms with van der Waals surface area (Å²) in [4.78, 5) is 0. The Morgan fingerprint density at radius 3 is 2.76 bits per heavy atom. The van der Waals surface area contributed by atoms with Crippen molar-refractivity contribution in [3.05, 3.63) is 29.5 Å². The molecule has 4 nitrogen and oxygen atoms in total. The highest BCUT2D eigenvalue weighted by molar-refractivity contribution is 8.13. The van der Waals surface area contributed by atoms with Crippen LogP contribution in [0.1, 0.15) is 5.56 Å². The molecule has 0 saturated heterocycles. The fourth-order valence-electron chi connectivity index (χ4n) is 1.44. The van der Waals surface area contributed by atoms with Gasteiger partial charge in [-0.15, -0.1) is 0 Å². The van der Waals surface area contributed by atoms with Gasteiger partial charge in [0.05, 0.1) is 17.3 Å². The van der Waals surface area contributed by atoms with Crippen molar-refractivity contribution in [2.75, 3.05) is 5.75 Å². The van der Waals surface area contributed by atoms with Crippen molar-refractivity contribution in [1.29, 1.82) is 0 Å². The van der Waals surface area contributed by atoms with Crippen molar-refractivity contribution in [3.63, 3.8) is 0 Å². The Morgan fingerprint density at radius 2 is 2.12 bits per heavy atom. The molecule has 0 saturated carbocycles. The molecule has 0 bridgehead atoms. The van der Waals surface area contributed by atoms with Gasteiger partial charge in [0.2, 0.25) is 9.05 Å². The van der Waals surface area contributed by atoms with Gasteiger partial charge in [0, 0.05) is 22.3 Å². The minimum absolute atomic E-state index is 0.00775. The van der Waals surface area contributed by atoms with E-state index in [1.807, 2.05) is 0 Å². The Kier molecular flexibility index (Phi) is 3.05. The fourth-order valence-corrected chi connectivity index (χ4v) is 2.12. The molecule has 2 aromatic rings. The molecule has 0 aliphatic heterocycles. The molecule has 0 fully saturated rings. The number of hydrogen-bond acceptors (Lipinski definition) is 4. The van der Waals surface area contributed by atoms with Gasteiger partial charge in [0.15, 0.2) is 5.58 Å². The summed E-state index contributed by atoms with van der Waals surface area (Å²) >= 11 is 0. The summed E-state index contributed by atoms with van der Waals surface area (Å²) in [6.45, 7) is 0. The van der Waals surface area contributed by atoms with Crippen molar-refractivity contribution < 1.29 is 21.7 Å². The van der Waals surface area contributed by atoms with Crippen LogP contribution in [-0.4, -0.2) is 19.3 Å². The van der Waals surface area contributed by atoms with E-state index >= 15 is 0 Å². The molecule has 2 rings (SSSR count). The number of hydrogen-bond donors (Lipinski definition) is 0. The number of nitrogens with zero attached hydrogens (tertiary/aromatic N) is 1. The van der Waals surface area contributed by atoms with Crippen LogP contribution in [0, 0.1) is 11.6 Å². The van der Waals surface area contributed by atoms with Gasteiger partial charge in [-0.1, -0.05) is 5.16 Å². The summed E-state index contributed by atoms with van der Waals surface area (Å²) in [5.74, 6) is -2.30. The van der Waals surface area contributed by atoms with E-state index in [9.17, 15) is 17.2 Å². The van der Waals surface area contributed by atoms with E-state index in [2.05, 4.69) is 9.68 Å². The third kappa shape index (κ3) is 2.55. The number of rotatable bonds is 3. The number of aromatic nitrogens is 1. The Morgan fingerprint density at radius 1 is 1.41 bits per heavy atom. The van der Waals surface area contributed by atoms with Gasteiger partial charge in [-0.3, -0.25) is 0 Å². The Hall–Kier alpha value is -1.21. The van der Waals surface area contributed by atoms with Crippen LogP contribution in [0.5, 0.6) is 0 Å². The second-order valence-corrected chi connectivity index (χ2v) is 6.28. The van der Waals surface area contributed by atoms with Gasteiger partial charge in [0.25, 0.3) is 0 Å². The van der Waals surface area contributed by atoms with Crippen LogP contribution in [-0.2, 0) is 15.5 Å². The van der Waals surface area contributed by atoms with Crippen LogP contribution in [0.3, 0.4) is 0 Å². The maximum Gasteiger partial charge on any atom is 0.232 e. The minimum Gasteiger partial charge on any atom is -0.356 e. The molecule has 8 heteroatoms. The Balaban J connectivity index is 2.46. The average molecular weight is 282 g/mol. The van der Waals surface area contributed by atoms with E-state index in [0.717, 1.165) is 12.3 Å². The normalized spacial score (nSPS) is 12.2. The predicted octanol–water partition coefficient (Wildman–Crippen LogP) is 2.22. The molecule has 0 aliphatic rings. The van der Waals surface area contributed by atoms with Crippen molar-refractivity contribution in [2.24, 2.45) is 0 Å². The zero-order chi connectivity index (χ0) is 12.6. The van der Waals surface area contributed by atoms with Gasteiger partial charge < -0.3 is 4.52 Å². The average Bonchev–Trinajstić information content (AvgIpc) is 2.63. The predicted molar refractivity (Wildman–Crippen MR) is 57.3 cm³/mol. The number of fused-ring (bicyclic) bond motifs is 1. The first-order chi connectivity index (χ1) is 7.88. The summed E-state index contributed by atoms with van der Waals surface area (Å²) in [5, 5.41) is 3.34. The Bertz CT molecular complexity index is 668. The summed E-state index contributed by atoms with van der Waals surface area (Å²) in [6.07, 6.45) is 0.757. The molecule has 17 heavy (non-hydrogen) atoms. The van der Waals surface area contributed by atoms with Crippen LogP contribution in [0.4, 0.5) is 8.78 Å². The molecule has 0 N–H and O–H groups in total. The van der Waals surface area contributed by atoms with E-state index in [0.29, 0.717) is 0 Å².